The lowest BCUT2D eigenvalue weighted by Gasteiger charge is -2.51. The number of anilines is 2. The Kier molecular flexibility index (Phi) is 6.83. The summed E-state index contributed by atoms with van der Waals surface area (Å²) in [5.74, 6) is 1.78. The average Bonchev–Trinajstić information content (AvgIpc) is 2.73. The largest absolute Gasteiger partial charge is 0.371 e. The molecule has 4 rings (SSSR count). The van der Waals surface area contributed by atoms with Crippen molar-refractivity contribution in [2.24, 2.45) is 16.3 Å². The molecule has 1 spiro atoms. The van der Waals surface area contributed by atoms with Crippen LogP contribution in [0.1, 0.15) is 51.5 Å². The van der Waals surface area contributed by atoms with Gasteiger partial charge in [-0.15, -0.1) is 0 Å². The van der Waals surface area contributed by atoms with Crippen molar-refractivity contribution < 1.29 is 0 Å². The highest BCUT2D eigenvalue weighted by molar-refractivity contribution is 6.30. The van der Waals surface area contributed by atoms with E-state index in [0.717, 1.165) is 41.5 Å². The second kappa shape index (κ2) is 9.44. The number of aliphatic imine (C=N–C) groups is 1. The second-order valence-corrected chi connectivity index (χ2v) is 10.9. The minimum Gasteiger partial charge on any atom is -0.371 e. The monoisotopic (exact) mass is 452 g/mol. The van der Waals surface area contributed by atoms with E-state index in [4.69, 9.17) is 16.6 Å². The summed E-state index contributed by atoms with van der Waals surface area (Å²) in [5, 5.41) is 8.38. The van der Waals surface area contributed by atoms with Crippen molar-refractivity contribution in [3.63, 3.8) is 0 Å². The number of para-hydroxylation sites is 2. The highest BCUT2D eigenvalue weighted by Gasteiger charge is 2.47. The molecule has 0 aromatic heterocycles. The Bertz CT molecular complexity index is 946. The van der Waals surface area contributed by atoms with E-state index in [9.17, 15) is 0 Å². The molecule has 4 nitrogen and oxygen atoms in total. The number of nitrogens with one attached hydrogen (secondary N) is 2. The number of halogens is 1. The van der Waals surface area contributed by atoms with Gasteiger partial charge < -0.3 is 15.5 Å². The van der Waals surface area contributed by atoms with Gasteiger partial charge in [0.25, 0.3) is 0 Å². The lowest BCUT2D eigenvalue weighted by molar-refractivity contribution is 0.0918. The third-order valence-corrected chi connectivity index (χ3v) is 7.21. The smallest absolute Gasteiger partial charge is 0.127 e. The van der Waals surface area contributed by atoms with Crippen molar-refractivity contribution in [1.29, 1.82) is 0 Å². The molecule has 1 aliphatic carbocycles. The number of amidine groups is 1. The zero-order valence-corrected chi connectivity index (χ0v) is 20.7. The zero-order chi connectivity index (χ0) is 22.8. The first-order chi connectivity index (χ1) is 15.3. The van der Waals surface area contributed by atoms with E-state index >= 15 is 0 Å². The predicted octanol–water partition coefficient (Wildman–Crippen LogP) is 6.68. The van der Waals surface area contributed by atoms with Gasteiger partial charge in [-0.2, -0.15) is 0 Å². The summed E-state index contributed by atoms with van der Waals surface area (Å²) < 4.78 is 0. The van der Waals surface area contributed by atoms with Gasteiger partial charge in [0.2, 0.25) is 0 Å². The maximum Gasteiger partial charge on any atom is 0.127 e. The minimum absolute atomic E-state index is 0.139. The third-order valence-electron chi connectivity index (χ3n) is 6.97. The zero-order valence-electron chi connectivity index (χ0n) is 19.9. The molecular weight excluding hydrogens is 416 g/mol. The quantitative estimate of drug-likeness (QED) is 0.513. The van der Waals surface area contributed by atoms with Crippen molar-refractivity contribution in [2.75, 3.05) is 31.3 Å². The van der Waals surface area contributed by atoms with Gasteiger partial charge in [0.05, 0.1) is 23.5 Å². The number of hydrogen-bond donors (Lipinski definition) is 2. The van der Waals surface area contributed by atoms with Crippen LogP contribution in [0.2, 0.25) is 5.02 Å². The van der Waals surface area contributed by atoms with Gasteiger partial charge in [-0.3, -0.25) is 4.99 Å². The highest BCUT2D eigenvalue weighted by Crippen LogP contribution is 2.48. The van der Waals surface area contributed by atoms with Gasteiger partial charge in [-0.1, -0.05) is 49.7 Å². The molecule has 32 heavy (non-hydrogen) atoms. The van der Waals surface area contributed by atoms with Crippen LogP contribution in [0.15, 0.2) is 53.5 Å². The van der Waals surface area contributed by atoms with E-state index in [-0.39, 0.29) is 5.54 Å². The van der Waals surface area contributed by atoms with E-state index in [0.29, 0.717) is 17.9 Å². The van der Waals surface area contributed by atoms with Crippen molar-refractivity contribution in [3.8, 4) is 0 Å². The second-order valence-electron chi connectivity index (χ2n) is 10.5. The third kappa shape index (κ3) is 5.13. The van der Waals surface area contributed by atoms with Gasteiger partial charge in [0, 0.05) is 11.6 Å². The van der Waals surface area contributed by atoms with E-state index in [1.54, 1.807) is 0 Å². The molecule has 2 aromatic carbocycles. The van der Waals surface area contributed by atoms with E-state index in [1.807, 2.05) is 18.2 Å². The molecule has 1 fully saturated rings. The van der Waals surface area contributed by atoms with Crippen LogP contribution >= 0.6 is 11.6 Å². The molecule has 2 N–H and O–H groups in total. The molecule has 172 valence electrons. The number of benzene rings is 2. The van der Waals surface area contributed by atoms with Crippen molar-refractivity contribution in [1.82, 2.24) is 4.90 Å². The van der Waals surface area contributed by atoms with Gasteiger partial charge in [0.1, 0.15) is 5.84 Å². The average molecular weight is 453 g/mol. The number of fused-ring (bicyclic) bond motifs is 1. The fourth-order valence-electron chi connectivity index (χ4n) is 5.79. The van der Waals surface area contributed by atoms with Crippen LogP contribution < -0.4 is 10.6 Å². The normalized spacial score (nSPS) is 26.3. The van der Waals surface area contributed by atoms with Gasteiger partial charge in [-0.25, -0.2) is 0 Å². The molecule has 0 amide bonds. The van der Waals surface area contributed by atoms with E-state index in [1.165, 1.54) is 24.9 Å². The lowest BCUT2D eigenvalue weighted by atomic mass is 9.63. The fraction of sp³-hybridized carbons (Fsp3) is 0.519. The maximum absolute atomic E-state index is 6.21. The molecule has 1 saturated carbocycles. The van der Waals surface area contributed by atoms with Crippen LogP contribution in [-0.2, 0) is 6.54 Å². The van der Waals surface area contributed by atoms with Crippen LogP contribution in [0.3, 0.4) is 0 Å². The van der Waals surface area contributed by atoms with Crippen LogP contribution in [0.5, 0.6) is 0 Å². The molecule has 0 radical (unpaired) electrons. The first kappa shape index (κ1) is 23.1. The molecule has 0 atom stereocenters. The summed E-state index contributed by atoms with van der Waals surface area (Å²) in [4.78, 5) is 7.49. The summed E-state index contributed by atoms with van der Waals surface area (Å²) in [5.41, 5.74) is 3.66. The Morgan fingerprint density at radius 3 is 2.38 bits per heavy atom. The van der Waals surface area contributed by atoms with E-state index < -0.39 is 0 Å². The van der Waals surface area contributed by atoms with Crippen molar-refractivity contribution in [3.05, 3.63) is 59.1 Å². The number of hydrogen-bond acceptors (Lipinski definition) is 3. The summed E-state index contributed by atoms with van der Waals surface area (Å²) in [6.45, 7) is 6.50. The van der Waals surface area contributed by atoms with Crippen LogP contribution in [0, 0.1) is 11.3 Å². The van der Waals surface area contributed by atoms with Crippen LogP contribution in [0.25, 0.3) is 0 Å². The first-order valence-electron chi connectivity index (χ1n) is 11.9. The Morgan fingerprint density at radius 1 is 1.00 bits per heavy atom. The summed E-state index contributed by atoms with van der Waals surface area (Å²) >= 11 is 6.21. The lowest BCUT2D eigenvalue weighted by Crippen LogP contribution is -2.57. The molecule has 1 aliphatic heterocycles. The van der Waals surface area contributed by atoms with Gasteiger partial charge in [-0.05, 0) is 87.4 Å². The van der Waals surface area contributed by atoms with Gasteiger partial charge >= 0.3 is 0 Å². The van der Waals surface area contributed by atoms with Crippen molar-refractivity contribution in [2.45, 2.75) is 58.0 Å². The van der Waals surface area contributed by atoms with Crippen LogP contribution in [0.4, 0.5) is 11.4 Å². The Labute approximate surface area is 198 Å². The molecule has 1 heterocycles. The van der Waals surface area contributed by atoms with Crippen LogP contribution in [-0.4, -0.2) is 36.9 Å². The molecular formula is C27H37ClN4. The summed E-state index contributed by atoms with van der Waals surface area (Å²) in [6, 6.07) is 16.5. The Morgan fingerprint density at radius 2 is 1.72 bits per heavy atom. The fourth-order valence-corrected chi connectivity index (χ4v) is 6.01. The minimum atomic E-state index is -0.139. The standard InChI is InChI=1S/C27H37ClN4/c1-20(2)17-26(19-32(3)4)12-14-27(15-13-26)25(29-18-21-8-7-9-22(28)16-21)30-23-10-5-6-11-24(23)31-27/h5-11,16,20,31H,12-15,17-19H2,1-4H3,(H,29,30). The molecule has 2 aliphatic rings. The summed E-state index contributed by atoms with van der Waals surface area (Å²) in [6.07, 6.45) is 5.86. The maximum atomic E-state index is 6.21. The Hall–Kier alpha value is -2.04. The molecule has 5 heteroatoms. The summed E-state index contributed by atoms with van der Waals surface area (Å²) in [7, 11) is 4.42. The predicted molar refractivity (Wildman–Crippen MR) is 138 cm³/mol. The Balaban J connectivity index is 1.62. The number of rotatable bonds is 6. The molecule has 2 aromatic rings. The van der Waals surface area contributed by atoms with E-state index in [2.05, 4.69) is 73.8 Å². The SMILES string of the molecule is CC(C)CC1(CN(C)C)CCC2(CC1)Nc1ccccc1NC2=NCc1cccc(Cl)c1. The van der Waals surface area contributed by atoms with Crippen molar-refractivity contribution >= 4 is 28.8 Å². The van der Waals surface area contributed by atoms with Gasteiger partial charge in [0.15, 0.2) is 0 Å². The number of nitrogens with zero attached hydrogens (tertiary/aromatic N) is 2. The molecule has 0 saturated heterocycles. The molecule has 0 unspecified atom stereocenters. The topological polar surface area (TPSA) is 39.7 Å². The first-order valence-corrected chi connectivity index (χ1v) is 12.3. The molecule has 0 bridgehead atoms. The highest BCUT2D eigenvalue weighted by atomic mass is 35.5.